The van der Waals surface area contributed by atoms with E-state index in [1.165, 1.54) is 38.5 Å². The van der Waals surface area contributed by atoms with Crippen molar-refractivity contribution in [3.8, 4) is 0 Å². The highest BCUT2D eigenvalue weighted by molar-refractivity contribution is 4.79. The van der Waals surface area contributed by atoms with Crippen molar-refractivity contribution in [2.45, 2.75) is 89.6 Å². The first-order chi connectivity index (χ1) is 9.03. The molecular formula is C16H31NO2. The Morgan fingerprint density at radius 1 is 1.00 bits per heavy atom. The van der Waals surface area contributed by atoms with Gasteiger partial charge < -0.3 is 14.8 Å². The molecule has 0 radical (unpaired) electrons. The molecule has 1 heterocycles. The van der Waals surface area contributed by atoms with Crippen LogP contribution in [-0.2, 0) is 9.47 Å². The first-order valence-corrected chi connectivity index (χ1v) is 8.05. The molecule has 2 aliphatic rings. The van der Waals surface area contributed by atoms with Crippen molar-refractivity contribution in [1.29, 1.82) is 0 Å². The van der Waals surface area contributed by atoms with Gasteiger partial charge in [0, 0.05) is 12.1 Å². The van der Waals surface area contributed by atoms with E-state index in [0.717, 1.165) is 19.6 Å². The molecule has 3 heteroatoms. The van der Waals surface area contributed by atoms with Crippen molar-refractivity contribution in [3.05, 3.63) is 0 Å². The molecule has 1 N–H and O–H groups in total. The number of ether oxygens (including phenoxy) is 2. The smallest absolute Gasteiger partial charge is 0.0814 e. The van der Waals surface area contributed by atoms with Crippen molar-refractivity contribution < 1.29 is 9.47 Å². The lowest BCUT2D eigenvalue weighted by molar-refractivity contribution is -0.0505. The summed E-state index contributed by atoms with van der Waals surface area (Å²) in [5.41, 5.74) is 0.181. The molecule has 0 aromatic carbocycles. The van der Waals surface area contributed by atoms with Gasteiger partial charge in [-0.2, -0.15) is 0 Å². The van der Waals surface area contributed by atoms with Gasteiger partial charge in [-0.25, -0.2) is 0 Å². The summed E-state index contributed by atoms with van der Waals surface area (Å²) in [4.78, 5) is 0. The Kier molecular flexibility index (Phi) is 5.67. The Hall–Kier alpha value is -0.120. The van der Waals surface area contributed by atoms with E-state index < -0.39 is 0 Å². The Morgan fingerprint density at radius 3 is 2.37 bits per heavy atom. The van der Waals surface area contributed by atoms with Crippen LogP contribution < -0.4 is 5.32 Å². The zero-order valence-corrected chi connectivity index (χ0v) is 12.9. The van der Waals surface area contributed by atoms with Gasteiger partial charge in [-0.15, -0.1) is 0 Å². The average molecular weight is 269 g/mol. The zero-order chi connectivity index (χ0) is 13.7. The standard InChI is InChI=1S/C16H31NO2/c1-16(2,3)17-11-14-9-10-15(19-14)12-18-13-7-5-4-6-8-13/h13-15,17H,4-12H2,1-3H3. The van der Waals surface area contributed by atoms with E-state index in [0.29, 0.717) is 18.3 Å². The fourth-order valence-electron chi connectivity index (χ4n) is 2.95. The highest BCUT2D eigenvalue weighted by Crippen LogP contribution is 2.24. The summed E-state index contributed by atoms with van der Waals surface area (Å²) < 4.78 is 12.1. The largest absolute Gasteiger partial charge is 0.376 e. The predicted molar refractivity (Wildman–Crippen MR) is 78.5 cm³/mol. The molecule has 1 aliphatic carbocycles. The first-order valence-electron chi connectivity index (χ1n) is 8.05. The van der Waals surface area contributed by atoms with Crippen LogP contribution in [0.2, 0.25) is 0 Å². The maximum atomic E-state index is 6.06. The van der Waals surface area contributed by atoms with Crippen molar-refractivity contribution in [3.63, 3.8) is 0 Å². The molecule has 0 spiro atoms. The molecule has 2 atom stereocenters. The minimum atomic E-state index is 0.181. The van der Waals surface area contributed by atoms with Gasteiger partial charge in [-0.3, -0.25) is 0 Å². The Labute approximate surface area is 118 Å². The molecule has 1 aliphatic heterocycles. The van der Waals surface area contributed by atoms with Crippen LogP contribution in [0.15, 0.2) is 0 Å². The van der Waals surface area contributed by atoms with Crippen molar-refractivity contribution in [1.82, 2.24) is 5.32 Å². The number of nitrogens with one attached hydrogen (secondary N) is 1. The van der Waals surface area contributed by atoms with E-state index in [9.17, 15) is 0 Å². The highest BCUT2D eigenvalue weighted by atomic mass is 16.5. The summed E-state index contributed by atoms with van der Waals surface area (Å²) in [6, 6.07) is 0. The number of rotatable bonds is 5. The van der Waals surface area contributed by atoms with E-state index in [-0.39, 0.29) is 5.54 Å². The predicted octanol–water partition coefficient (Wildman–Crippen LogP) is 3.27. The zero-order valence-electron chi connectivity index (χ0n) is 12.9. The van der Waals surface area contributed by atoms with Gasteiger partial charge in [0.05, 0.1) is 24.9 Å². The van der Waals surface area contributed by atoms with E-state index in [2.05, 4.69) is 26.1 Å². The minimum absolute atomic E-state index is 0.181. The topological polar surface area (TPSA) is 30.5 Å². The first kappa shape index (κ1) is 15.3. The second kappa shape index (κ2) is 7.05. The number of hydrogen-bond acceptors (Lipinski definition) is 3. The summed E-state index contributed by atoms with van der Waals surface area (Å²) in [6.07, 6.45) is 10.1. The van der Waals surface area contributed by atoms with E-state index in [4.69, 9.17) is 9.47 Å². The van der Waals surface area contributed by atoms with Crippen LogP contribution >= 0.6 is 0 Å². The molecule has 112 valence electrons. The van der Waals surface area contributed by atoms with Gasteiger partial charge in [0.25, 0.3) is 0 Å². The van der Waals surface area contributed by atoms with Crippen molar-refractivity contribution >= 4 is 0 Å². The van der Waals surface area contributed by atoms with Crippen LogP contribution in [-0.4, -0.2) is 37.0 Å². The quantitative estimate of drug-likeness (QED) is 0.831. The molecule has 3 nitrogen and oxygen atoms in total. The third kappa shape index (κ3) is 5.80. The van der Waals surface area contributed by atoms with Gasteiger partial charge in [-0.1, -0.05) is 19.3 Å². The van der Waals surface area contributed by atoms with Crippen LogP contribution in [0.25, 0.3) is 0 Å². The van der Waals surface area contributed by atoms with Crippen LogP contribution in [0.1, 0.15) is 65.7 Å². The summed E-state index contributed by atoms with van der Waals surface area (Å²) in [6.45, 7) is 8.36. The second-order valence-electron chi connectivity index (χ2n) is 7.18. The normalized spacial score (nSPS) is 29.8. The Bertz CT molecular complexity index is 256. The molecule has 19 heavy (non-hydrogen) atoms. The van der Waals surface area contributed by atoms with E-state index in [1.807, 2.05) is 0 Å². The van der Waals surface area contributed by atoms with Gasteiger partial charge in [0.15, 0.2) is 0 Å². The molecular weight excluding hydrogens is 238 g/mol. The lowest BCUT2D eigenvalue weighted by Crippen LogP contribution is -2.41. The van der Waals surface area contributed by atoms with E-state index >= 15 is 0 Å². The van der Waals surface area contributed by atoms with Crippen LogP contribution in [0.4, 0.5) is 0 Å². The summed E-state index contributed by atoms with van der Waals surface area (Å²) in [5.74, 6) is 0. The lowest BCUT2D eigenvalue weighted by atomic mass is 9.98. The monoisotopic (exact) mass is 269 g/mol. The van der Waals surface area contributed by atoms with Gasteiger partial charge in [-0.05, 0) is 46.5 Å². The van der Waals surface area contributed by atoms with Gasteiger partial charge in [0.2, 0.25) is 0 Å². The molecule has 1 saturated carbocycles. The molecule has 2 fully saturated rings. The molecule has 0 aromatic rings. The van der Waals surface area contributed by atoms with E-state index in [1.54, 1.807) is 0 Å². The summed E-state index contributed by atoms with van der Waals surface area (Å²) in [7, 11) is 0. The Balaban J connectivity index is 1.59. The third-order valence-electron chi connectivity index (χ3n) is 4.13. The maximum Gasteiger partial charge on any atom is 0.0814 e. The Morgan fingerprint density at radius 2 is 1.68 bits per heavy atom. The fourth-order valence-corrected chi connectivity index (χ4v) is 2.95. The third-order valence-corrected chi connectivity index (χ3v) is 4.13. The van der Waals surface area contributed by atoms with Gasteiger partial charge >= 0.3 is 0 Å². The highest BCUT2D eigenvalue weighted by Gasteiger charge is 2.27. The molecule has 0 aromatic heterocycles. The van der Waals surface area contributed by atoms with Crippen LogP contribution in [0, 0.1) is 0 Å². The molecule has 2 rings (SSSR count). The summed E-state index contributed by atoms with van der Waals surface area (Å²) in [5, 5.41) is 3.52. The molecule has 2 unspecified atom stereocenters. The fraction of sp³-hybridized carbons (Fsp3) is 1.00. The molecule has 1 saturated heterocycles. The van der Waals surface area contributed by atoms with Crippen molar-refractivity contribution in [2.24, 2.45) is 0 Å². The lowest BCUT2D eigenvalue weighted by Gasteiger charge is -2.25. The minimum Gasteiger partial charge on any atom is -0.376 e. The van der Waals surface area contributed by atoms with Crippen LogP contribution in [0.5, 0.6) is 0 Å². The molecule has 0 bridgehead atoms. The average Bonchev–Trinajstić information content (AvgIpc) is 2.82. The molecule has 0 amide bonds. The second-order valence-corrected chi connectivity index (χ2v) is 7.18. The summed E-state index contributed by atoms with van der Waals surface area (Å²) >= 11 is 0. The van der Waals surface area contributed by atoms with Crippen molar-refractivity contribution in [2.75, 3.05) is 13.2 Å². The van der Waals surface area contributed by atoms with Crippen LogP contribution in [0.3, 0.4) is 0 Å². The maximum absolute atomic E-state index is 6.06. The number of hydrogen-bond donors (Lipinski definition) is 1. The van der Waals surface area contributed by atoms with Gasteiger partial charge in [0.1, 0.15) is 0 Å². The SMILES string of the molecule is CC(C)(C)NCC1CCC(COC2CCCCC2)O1.